The minimum atomic E-state index is -0.221. The topological polar surface area (TPSA) is 59.8 Å². The van der Waals surface area contributed by atoms with Crippen LogP contribution in [-0.2, 0) is 4.79 Å². The molecule has 1 N–H and O–H groups in total. The highest BCUT2D eigenvalue weighted by molar-refractivity contribution is 5.99. The lowest BCUT2D eigenvalue weighted by Crippen LogP contribution is -2.33. The average molecular weight is 368 g/mol. The molecule has 3 aromatic rings. The van der Waals surface area contributed by atoms with E-state index in [1.807, 2.05) is 53.2 Å². The number of carbonyl (C=O) groups is 1. The first-order valence-electron chi connectivity index (χ1n) is 9.50. The Hall–Kier alpha value is -3.47. The summed E-state index contributed by atoms with van der Waals surface area (Å²) in [4.78, 5) is 17.5. The van der Waals surface area contributed by atoms with Gasteiger partial charge in [0.25, 0.3) is 0 Å². The Morgan fingerprint density at radius 1 is 1.00 bits per heavy atom. The van der Waals surface area contributed by atoms with Crippen LogP contribution in [-0.4, -0.2) is 20.5 Å². The van der Waals surface area contributed by atoms with Crippen LogP contribution in [0, 0.1) is 5.92 Å². The van der Waals surface area contributed by atoms with Crippen molar-refractivity contribution in [1.29, 1.82) is 0 Å². The van der Waals surface area contributed by atoms with Gasteiger partial charge in [-0.25, -0.2) is 4.68 Å². The molecule has 1 aliphatic carbocycles. The molecule has 2 atom stereocenters. The number of fused-ring (bicyclic) bond motifs is 1. The zero-order valence-corrected chi connectivity index (χ0v) is 15.3. The number of ketones is 1. The molecule has 1 aromatic heterocycles. The van der Waals surface area contributed by atoms with Crippen molar-refractivity contribution in [2.45, 2.75) is 18.9 Å². The predicted octanol–water partition coefficient (Wildman–Crippen LogP) is 4.24. The summed E-state index contributed by atoms with van der Waals surface area (Å²) in [5.41, 5.74) is 3.98. The normalized spacial score (nSPS) is 21.4. The molecule has 2 heterocycles. The van der Waals surface area contributed by atoms with E-state index in [-0.39, 0.29) is 17.7 Å². The standard InChI is InChI=1S/C23H20N4O/c28-20-14-17(12-11-16-7-3-1-4-8-16)13-19-21(20)22(18-9-5-2-6-10-18)27-23(26-19)24-15-25-27/h1-12,15,17,22H,13-14H2,(H,24,25,26)/b12-11+. The molecular formula is C23H20N4O. The number of hydrogen-bond acceptors (Lipinski definition) is 4. The maximum Gasteiger partial charge on any atom is 0.226 e. The number of rotatable bonds is 3. The van der Waals surface area contributed by atoms with Crippen LogP contribution in [0.15, 0.2) is 84.3 Å². The summed E-state index contributed by atoms with van der Waals surface area (Å²) >= 11 is 0. The molecule has 2 aliphatic rings. The summed E-state index contributed by atoms with van der Waals surface area (Å²) in [6, 6.07) is 20.0. The first-order valence-corrected chi connectivity index (χ1v) is 9.50. The van der Waals surface area contributed by atoms with Crippen molar-refractivity contribution in [2.75, 3.05) is 5.32 Å². The highest BCUT2D eigenvalue weighted by Crippen LogP contribution is 2.41. The summed E-state index contributed by atoms with van der Waals surface area (Å²) in [6.07, 6.45) is 7.09. The molecule has 0 spiro atoms. The first kappa shape index (κ1) is 16.7. The number of nitrogens with one attached hydrogen (secondary N) is 1. The first-order chi connectivity index (χ1) is 13.8. The van der Waals surface area contributed by atoms with Crippen LogP contribution in [0.3, 0.4) is 0 Å². The van der Waals surface area contributed by atoms with Crippen molar-refractivity contribution in [3.63, 3.8) is 0 Å². The second kappa shape index (κ2) is 6.93. The SMILES string of the molecule is O=C1CC(/C=C/c2ccccc2)CC2=C1C(c1ccccc1)n1ncnc1N2. The number of aromatic nitrogens is 3. The van der Waals surface area contributed by atoms with Crippen LogP contribution in [0.1, 0.15) is 30.0 Å². The number of carbonyl (C=O) groups excluding carboxylic acids is 1. The second-order valence-corrected chi connectivity index (χ2v) is 7.22. The van der Waals surface area contributed by atoms with E-state index in [2.05, 4.69) is 39.7 Å². The van der Waals surface area contributed by atoms with Crippen LogP contribution >= 0.6 is 0 Å². The lowest BCUT2D eigenvalue weighted by atomic mass is 9.80. The van der Waals surface area contributed by atoms with Gasteiger partial charge in [0, 0.05) is 17.7 Å². The van der Waals surface area contributed by atoms with E-state index in [0.717, 1.165) is 28.8 Å². The van der Waals surface area contributed by atoms with Gasteiger partial charge in [-0.2, -0.15) is 10.1 Å². The maximum absolute atomic E-state index is 13.2. The van der Waals surface area contributed by atoms with E-state index >= 15 is 0 Å². The molecule has 0 saturated heterocycles. The van der Waals surface area contributed by atoms with Crippen molar-refractivity contribution >= 4 is 17.8 Å². The molecule has 1 aliphatic heterocycles. The summed E-state index contributed by atoms with van der Waals surface area (Å²) in [7, 11) is 0. The van der Waals surface area contributed by atoms with E-state index in [0.29, 0.717) is 12.4 Å². The molecule has 5 rings (SSSR count). The van der Waals surface area contributed by atoms with Crippen molar-refractivity contribution in [2.24, 2.45) is 5.92 Å². The van der Waals surface area contributed by atoms with E-state index in [9.17, 15) is 4.79 Å². The van der Waals surface area contributed by atoms with Gasteiger partial charge in [-0.3, -0.25) is 4.79 Å². The molecule has 0 fully saturated rings. The Balaban J connectivity index is 1.50. The van der Waals surface area contributed by atoms with Gasteiger partial charge in [-0.15, -0.1) is 0 Å². The fraction of sp³-hybridized carbons (Fsp3) is 0.174. The van der Waals surface area contributed by atoms with E-state index in [1.165, 1.54) is 6.33 Å². The van der Waals surface area contributed by atoms with Gasteiger partial charge in [-0.1, -0.05) is 72.8 Å². The molecule has 5 heteroatoms. The van der Waals surface area contributed by atoms with Crippen LogP contribution in [0.5, 0.6) is 0 Å². The van der Waals surface area contributed by atoms with Crippen molar-refractivity contribution in [1.82, 2.24) is 14.8 Å². The number of anilines is 1. The monoisotopic (exact) mass is 368 g/mol. The van der Waals surface area contributed by atoms with Crippen LogP contribution in [0.2, 0.25) is 0 Å². The number of hydrogen-bond donors (Lipinski definition) is 1. The number of benzene rings is 2. The van der Waals surface area contributed by atoms with Gasteiger partial charge in [-0.05, 0) is 23.5 Å². The van der Waals surface area contributed by atoms with Gasteiger partial charge in [0.15, 0.2) is 5.78 Å². The average Bonchev–Trinajstić information content (AvgIpc) is 3.20. The van der Waals surface area contributed by atoms with Crippen molar-refractivity contribution < 1.29 is 4.79 Å². The van der Waals surface area contributed by atoms with Gasteiger partial charge in [0.2, 0.25) is 5.95 Å². The molecule has 0 radical (unpaired) electrons. The fourth-order valence-corrected chi connectivity index (χ4v) is 4.07. The minimum absolute atomic E-state index is 0.171. The van der Waals surface area contributed by atoms with Crippen LogP contribution in [0.25, 0.3) is 6.08 Å². The molecule has 2 aromatic carbocycles. The van der Waals surface area contributed by atoms with E-state index in [4.69, 9.17) is 0 Å². The maximum atomic E-state index is 13.2. The van der Waals surface area contributed by atoms with Crippen molar-refractivity contribution in [3.8, 4) is 0 Å². The molecule has 0 saturated carbocycles. The zero-order valence-electron chi connectivity index (χ0n) is 15.3. The molecule has 0 amide bonds. The third kappa shape index (κ3) is 2.95. The van der Waals surface area contributed by atoms with Gasteiger partial charge in [0.1, 0.15) is 12.4 Å². The Bertz CT molecular complexity index is 1070. The molecule has 138 valence electrons. The molecule has 5 nitrogen and oxygen atoms in total. The lowest BCUT2D eigenvalue weighted by molar-refractivity contribution is -0.117. The van der Waals surface area contributed by atoms with Crippen molar-refractivity contribution in [3.05, 3.63) is 95.5 Å². The summed E-state index contributed by atoms with van der Waals surface area (Å²) in [5, 5.41) is 7.73. The number of nitrogens with zero attached hydrogens (tertiary/aromatic N) is 3. The smallest absolute Gasteiger partial charge is 0.226 e. The summed E-state index contributed by atoms with van der Waals surface area (Å²) in [5.74, 6) is 1.03. The summed E-state index contributed by atoms with van der Waals surface area (Å²) < 4.78 is 1.81. The Labute approximate surface area is 163 Å². The third-order valence-electron chi connectivity index (χ3n) is 5.37. The highest BCUT2D eigenvalue weighted by Gasteiger charge is 2.38. The van der Waals surface area contributed by atoms with Gasteiger partial charge < -0.3 is 5.32 Å². The molecule has 2 unspecified atom stereocenters. The Kier molecular flexibility index (Phi) is 4.13. The van der Waals surface area contributed by atoms with Gasteiger partial charge >= 0.3 is 0 Å². The fourth-order valence-electron chi connectivity index (χ4n) is 4.07. The van der Waals surface area contributed by atoms with E-state index in [1.54, 1.807) is 0 Å². The Morgan fingerprint density at radius 3 is 2.54 bits per heavy atom. The van der Waals surface area contributed by atoms with Crippen LogP contribution in [0.4, 0.5) is 5.95 Å². The molecular weight excluding hydrogens is 348 g/mol. The highest BCUT2D eigenvalue weighted by atomic mass is 16.1. The second-order valence-electron chi connectivity index (χ2n) is 7.22. The Morgan fingerprint density at radius 2 is 1.75 bits per heavy atom. The predicted molar refractivity (Wildman–Crippen MR) is 108 cm³/mol. The van der Waals surface area contributed by atoms with Gasteiger partial charge in [0.05, 0.1) is 0 Å². The number of Topliss-reactive ketones (excluding diaryl/α,β-unsaturated/α-hetero) is 1. The quantitative estimate of drug-likeness (QED) is 0.751. The summed E-state index contributed by atoms with van der Waals surface area (Å²) in [6.45, 7) is 0. The minimum Gasteiger partial charge on any atom is -0.328 e. The molecule has 28 heavy (non-hydrogen) atoms. The largest absolute Gasteiger partial charge is 0.328 e. The molecule has 0 bridgehead atoms. The zero-order chi connectivity index (χ0) is 18.9. The van der Waals surface area contributed by atoms with E-state index < -0.39 is 0 Å². The lowest BCUT2D eigenvalue weighted by Gasteiger charge is -2.34. The third-order valence-corrected chi connectivity index (χ3v) is 5.37. The van der Waals surface area contributed by atoms with Crippen LogP contribution < -0.4 is 5.32 Å². The number of allylic oxidation sites excluding steroid dienone is 3.